The summed E-state index contributed by atoms with van der Waals surface area (Å²) < 4.78 is 8.33. The summed E-state index contributed by atoms with van der Waals surface area (Å²) in [6.45, 7) is -0.222. The summed E-state index contributed by atoms with van der Waals surface area (Å²) in [6, 6.07) is 14.2. The number of carbonyl (C=O) groups is 2. The summed E-state index contributed by atoms with van der Waals surface area (Å²) in [5.41, 5.74) is 9.04. The van der Waals surface area contributed by atoms with E-state index in [1.807, 2.05) is 35.9 Å². The zero-order valence-electron chi connectivity index (χ0n) is 13.4. The highest BCUT2D eigenvalue weighted by Gasteiger charge is 2.06. The van der Waals surface area contributed by atoms with Crippen LogP contribution in [0.2, 0.25) is 0 Å². The Morgan fingerprint density at radius 2 is 2.04 bits per heavy atom. The maximum Gasteiger partial charge on any atom is 0.278 e. The Kier molecular flexibility index (Phi) is 4.80. The first-order chi connectivity index (χ1) is 12.0. The third kappa shape index (κ3) is 3.86. The van der Waals surface area contributed by atoms with Gasteiger partial charge in [0.1, 0.15) is 5.75 Å². The number of hydrogen-bond acceptors (Lipinski definition) is 5. The van der Waals surface area contributed by atoms with Gasteiger partial charge in [0.05, 0.1) is 10.2 Å². The summed E-state index contributed by atoms with van der Waals surface area (Å²) in [5, 5.41) is 4.13. The molecule has 0 atom stereocenters. The van der Waals surface area contributed by atoms with Crippen molar-refractivity contribution in [1.82, 2.24) is 9.99 Å². The predicted octanol–water partition coefficient (Wildman–Crippen LogP) is 1.35. The van der Waals surface area contributed by atoms with E-state index in [1.54, 1.807) is 18.2 Å². The van der Waals surface area contributed by atoms with Gasteiger partial charge < -0.3 is 15.0 Å². The Morgan fingerprint density at radius 3 is 2.80 bits per heavy atom. The second-order valence-electron chi connectivity index (χ2n) is 5.24. The number of fused-ring (bicyclic) bond motifs is 1. The van der Waals surface area contributed by atoms with Gasteiger partial charge in [-0.05, 0) is 30.3 Å². The summed E-state index contributed by atoms with van der Waals surface area (Å²) in [6.07, 6.45) is 0. The van der Waals surface area contributed by atoms with E-state index in [-0.39, 0.29) is 6.61 Å². The maximum absolute atomic E-state index is 11.9. The third-order valence-electron chi connectivity index (χ3n) is 3.48. The first-order valence-electron chi connectivity index (χ1n) is 7.44. The van der Waals surface area contributed by atoms with Crippen LogP contribution in [0, 0.1) is 0 Å². The molecule has 0 unspecified atom stereocenters. The fraction of sp³-hybridized carbons (Fsp3) is 0.118. The minimum atomic E-state index is -0.554. The predicted molar refractivity (Wildman–Crippen MR) is 95.0 cm³/mol. The molecule has 3 aromatic rings. The first kappa shape index (κ1) is 16.7. The number of nitrogens with one attached hydrogen (secondary N) is 1. The van der Waals surface area contributed by atoms with Gasteiger partial charge in [-0.2, -0.15) is 0 Å². The number of primary amides is 1. The lowest BCUT2D eigenvalue weighted by Crippen LogP contribution is -2.27. The van der Waals surface area contributed by atoms with Gasteiger partial charge in [-0.25, -0.2) is 5.43 Å². The molecule has 7 nitrogen and oxygen atoms in total. The number of nitrogens with two attached hydrogens (primary N) is 1. The number of amides is 2. The lowest BCUT2D eigenvalue weighted by molar-refractivity contribution is -0.123. The highest BCUT2D eigenvalue weighted by Crippen LogP contribution is 2.15. The van der Waals surface area contributed by atoms with Gasteiger partial charge in [0.15, 0.2) is 6.61 Å². The number of aryl methyl sites for hydroxylation is 1. The van der Waals surface area contributed by atoms with Gasteiger partial charge >= 0.3 is 0 Å². The van der Waals surface area contributed by atoms with E-state index in [9.17, 15) is 9.59 Å². The van der Waals surface area contributed by atoms with Crippen LogP contribution in [0.3, 0.4) is 0 Å². The van der Waals surface area contributed by atoms with E-state index >= 15 is 0 Å². The monoisotopic (exact) mass is 356 g/mol. The van der Waals surface area contributed by atoms with Crippen molar-refractivity contribution in [2.75, 3.05) is 6.61 Å². The molecule has 0 aliphatic rings. The molecule has 0 saturated carbocycles. The summed E-state index contributed by atoms with van der Waals surface area (Å²) in [4.78, 5) is 23.7. The van der Waals surface area contributed by atoms with Crippen molar-refractivity contribution in [3.63, 3.8) is 0 Å². The first-order valence-corrected chi connectivity index (χ1v) is 8.26. The van der Waals surface area contributed by atoms with Crippen molar-refractivity contribution in [1.29, 1.82) is 0 Å². The van der Waals surface area contributed by atoms with Crippen LogP contribution in [0.25, 0.3) is 10.2 Å². The average Bonchev–Trinajstić information content (AvgIpc) is 2.95. The van der Waals surface area contributed by atoms with Crippen LogP contribution in [0.5, 0.6) is 5.75 Å². The molecule has 1 aromatic heterocycles. The molecular weight excluding hydrogens is 340 g/mol. The quantitative estimate of drug-likeness (QED) is 0.675. The highest BCUT2D eigenvalue weighted by atomic mass is 32.1. The van der Waals surface area contributed by atoms with Crippen molar-refractivity contribution in [2.45, 2.75) is 0 Å². The fourth-order valence-corrected chi connectivity index (χ4v) is 3.20. The number of benzene rings is 2. The zero-order chi connectivity index (χ0) is 17.8. The lowest BCUT2D eigenvalue weighted by atomic mass is 10.2. The van der Waals surface area contributed by atoms with E-state index in [4.69, 9.17) is 10.5 Å². The van der Waals surface area contributed by atoms with Gasteiger partial charge in [-0.15, -0.1) is 5.10 Å². The summed E-state index contributed by atoms with van der Waals surface area (Å²) in [7, 11) is 1.88. The molecule has 0 aliphatic carbocycles. The second-order valence-corrected chi connectivity index (χ2v) is 6.25. The largest absolute Gasteiger partial charge is 0.484 e. The number of aromatic nitrogens is 1. The van der Waals surface area contributed by atoms with Crippen molar-refractivity contribution in [3.8, 4) is 5.75 Å². The lowest BCUT2D eigenvalue weighted by Gasteiger charge is -2.05. The SMILES string of the molecule is Cn1/c(=N/NC(=O)COc2cccc(C(N)=O)c2)sc2ccccc21. The van der Waals surface area contributed by atoms with Gasteiger partial charge in [-0.1, -0.05) is 29.5 Å². The Morgan fingerprint density at radius 1 is 1.24 bits per heavy atom. The molecule has 128 valence electrons. The van der Waals surface area contributed by atoms with E-state index < -0.39 is 11.8 Å². The van der Waals surface area contributed by atoms with Crippen molar-refractivity contribution in [2.24, 2.45) is 17.9 Å². The van der Waals surface area contributed by atoms with Gasteiger partial charge in [0.2, 0.25) is 10.7 Å². The Balaban J connectivity index is 1.65. The minimum absolute atomic E-state index is 0.222. The molecule has 2 aromatic carbocycles. The molecular formula is C17H16N4O3S. The number of nitrogens with zero attached hydrogens (tertiary/aromatic N) is 2. The molecule has 0 radical (unpaired) electrons. The maximum atomic E-state index is 11.9. The average molecular weight is 356 g/mol. The molecule has 3 N–H and O–H groups in total. The topological polar surface area (TPSA) is 98.7 Å². The minimum Gasteiger partial charge on any atom is -0.484 e. The molecule has 0 spiro atoms. The van der Waals surface area contributed by atoms with Crippen LogP contribution >= 0.6 is 11.3 Å². The number of carbonyl (C=O) groups excluding carboxylic acids is 2. The van der Waals surface area contributed by atoms with Crippen LogP contribution in [-0.4, -0.2) is 23.0 Å². The Bertz CT molecular complexity index is 1010. The molecule has 25 heavy (non-hydrogen) atoms. The van der Waals surface area contributed by atoms with Crippen LogP contribution in [0.1, 0.15) is 10.4 Å². The molecule has 1 heterocycles. The number of para-hydroxylation sites is 1. The molecule has 0 fully saturated rings. The van der Waals surface area contributed by atoms with E-state index in [0.717, 1.165) is 10.2 Å². The van der Waals surface area contributed by atoms with Gasteiger partial charge in [0.25, 0.3) is 5.91 Å². The number of ether oxygens (including phenoxy) is 1. The standard InChI is InChI=1S/C17H16N4O3S/c1-21-13-7-2-3-8-14(13)25-17(21)20-19-15(22)10-24-12-6-4-5-11(9-12)16(18)23/h2-9H,10H2,1H3,(H2,18,23)(H,19,22)/b20-17-. The van der Waals surface area contributed by atoms with Crippen LogP contribution < -0.4 is 20.7 Å². The highest BCUT2D eigenvalue weighted by molar-refractivity contribution is 7.16. The third-order valence-corrected chi connectivity index (χ3v) is 4.59. The van der Waals surface area contributed by atoms with E-state index in [2.05, 4.69) is 10.5 Å². The Hall–Kier alpha value is -3.13. The number of rotatable bonds is 5. The smallest absolute Gasteiger partial charge is 0.278 e. The molecule has 0 bridgehead atoms. The van der Waals surface area contributed by atoms with Gasteiger partial charge in [-0.3, -0.25) is 9.59 Å². The number of thiazole rings is 1. The van der Waals surface area contributed by atoms with Crippen LogP contribution in [0.15, 0.2) is 53.6 Å². The van der Waals surface area contributed by atoms with Gasteiger partial charge in [0, 0.05) is 12.6 Å². The number of hydrogen-bond donors (Lipinski definition) is 2. The van der Waals surface area contributed by atoms with E-state index in [0.29, 0.717) is 16.1 Å². The molecule has 0 aliphatic heterocycles. The summed E-state index contributed by atoms with van der Waals surface area (Å²) >= 11 is 1.47. The van der Waals surface area contributed by atoms with Crippen molar-refractivity contribution >= 4 is 33.4 Å². The Labute approximate surface area is 147 Å². The van der Waals surface area contributed by atoms with E-state index in [1.165, 1.54) is 17.4 Å². The molecule has 8 heteroatoms. The normalized spacial score (nSPS) is 11.5. The molecule has 0 saturated heterocycles. The summed E-state index contributed by atoms with van der Waals surface area (Å²) in [5.74, 6) is -0.567. The molecule has 3 rings (SSSR count). The van der Waals surface area contributed by atoms with Crippen molar-refractivity contribution < 1.29 is 14.3 Å². The van der Waals surface area contributed by atoms with Crippen LogP contribution in [0.4, 0.5) is 0 Å². The molecule has 2 amide bonds. The fourth-order valence-electron chi connectivity index (χ4n) is 2.22. The van der Waals surface area contributed by atoms with Crippen molar-refractivity contribution in [3.05, 3.63) is 58.9 Å². The van der Waals surface area contributed by atoms with Crippen LogP contribution in [-0.2, 0) is 11.8 Å². The second kappa shape index (κ2) is 7.18. The zero-order valence-corrected chi connectivity index (χ0v) is 14.2.